The monoisotopic (exact) mass is 645 g/mol. The minimum absolute atomic E-state index is 0.0803. The van der Waals surface area contributed by atoms with Crippen LogP contribution in [-0.2, 0) is 5.41 Å². The molecule has 0 amide bonds. The molecule has 3 aliphatic carbocycles. The summed E-state index contributed by atoms with van der Waals surface area (Å²) in [6, 6.07) is 39.1. The van der Waals surface area contributed by atoms with Crippen molar-refractivity contribution < 1.29 is 0 Å². The van der Waals surface area contributed by atoms with Crippen molar-refractivity contribution in [3.05, 3.63) is 172 Å². The Bertz CT molecular complexity index is 2380. The molecular weight excluding hydrogens is 603 g/mol. The predicted molar refractivity (Wildman–Crippen MR) is 215 cm³/mol. The number of dihydropyridines is 1. The first-order valence-electron chi connectivity index (χ1n) is 18.1. The third-order valence-corrected chi connectivity index (χ3v) is 11.5. The third kappa shape index (κ3) is 4.94. The SMILES string of the molecule is CC1CC=C(c2ccc(C3=C4C=Cc5cc(C(C)(C)C)cc6c5C4C(C)(C=C6)C(c4ccc(-c5cccc6ccccc56)cc4)=C3)cc2)C=N1. The highest BCUT2D eigenvalue weighted by Crippen LogP contribution is 2.61. The summed E-state index contributed by atoms with van der Waals surface area (Å²) in [7, 11) is 0. The van der Waals surface area contributed by atoms with E-state index in [-0.39, 0.29) is 16.7 Å². The molecule has 0 saturated heterocycles. The van der Waals surface area contributed by atoms with Crippen LogP contribution in [0.25, 0.3) is 50.8 Å². The summed E-state index contributed by atoms with van der Waals surface area (Å²) in [6.45, 7) is 11.6. The van der Waals surface area contributed by atoms with Crippen molar-refractivity contribution in [3.63, 3.8) is 0 Å². The second-order valence-electron chi connectivity index (χ2n) is 15.8. The molecule has 0 aromatic heterocycles. The van der Waals surface area contributed by atoms with Gasteiger partial charge in [0.2, 0.25) is 0 Å². The molecule has 3 unspecified atom stereocenters. The van der Waals surface area contributed by atoms with E-state index in [0.29, 0.717) is 6.04 Å². The zero-order chi connectivity index (χ0) is 34.2. The average Bonchev–Trinajstić information content (AvgIpc) is 3.13. The van der Waals surface area contributed by atoms with Gasteiger partial charge in [-0.2, -0.15) is 0 Å². The van der Waals surface area contributed by atoms with Gasteiger partial charge in [-0.1, -0.05) is 161 Å². The van der Waals surface area contributed by atoms with E-state index in [1.807, 2.05) is 6.21 Å². The summed E-state index contributed by atoms with van der Waals surface area (Å²) in [4.78, 5) is 4.68. The summed E-state index contributed by atoms with van der Waals surface area (Å²) in [6.07, 6.45) is 17.5. The number of hydrogen-bond donors (Lipinski definition) is 0. The summed E-state index contributed by atoms with van der Waals surface area (Å²) < 4.78 is 0. The van der Waals surface area contributed by atoms with Gasteiger partial charge in [0.1, 0.15) is 0 Å². The molecule has 50 heavy (non-hydrogen) atoms. The first-order chi connectivity index (χ1) is 24.2. The quantitative estimate of drug-likeness (QED) is 0.184. The molecule has 1 aliphatic heterocycles. The number of rotatable bonds is 4. The van der Waals surface area contributed by atoms with Gasteiger partial charge in [-0.3, -0.25) is 4.99 Å². The molecule has 5 aromatic rings. The lowest BCUT2D eigenvalue weighted by atomic mass is 9.55. The molecule has 0 N–H and O–H groups in total. The van der Waals surface area contributed by atoms with E-state index in [9.17, 15) is 0 Å². The Balaban J connectivity index is 1.20. The fourth-order valence-electron chi connectivity index (χ4n) is 8.63. The minimum Gasteiger partial charge on any atom is -0.289 e. The van der Waals surface area contributed by atoms with Crippen LogP contribution in [0, 0.1) is 5.41 Å². The standard InChI is InChI=1S/C49H43N/c1-31-13-14-39(30-50-31)32-15-17-35(18-16-32)44-29-45(36-21-19-34(20-22-36)42-12-8-10-33-9-6-7-11-41(33)42)49(5)26-25-38-28-40(48(2,3)4)27-37-23-24-43(44)47(49)46(37)38/h6-12,14-31,47H,13H2,1-5H3. The van der Waals surface area contributed by atoms with Crippen molar-refractivity contribution in [2.24, 2.45) is 10.4 Å². The second-order valence-corrected chi connectivity index (χ2v) is 15.8. The summed E-state index contributed by atoms with van der Waals surface area (Å²) in [5.41, 5.74) is 17.0. The van der Waals surface area contributed by atoms with Gasteiger partial charge in [-0.05, 0) is 108 Å². The smallest absolute Gasteiger partial charge is 0.0506 e. The van der Waals surface area contributed by atoms with Crippen LogP contribution >= 0.6 is 0 Å². The van der Waals surface area contributed by atoms with Gasteiger partial charge in [0.15, 0.2) is 0 Å². The van der Waals surface area contributed by atoms with Crippen molar-refractivity contribution in [1.29, 1.82) is 0 Å². The maximum absolute atomic E-state index is 4.68. The maximum Gasteiger partial charge on any atom is 0.0506 e. The van der Waals surface area contributed by atoms with Crippen molar-refractivity contribution in [2.45, 2.75) is 58.4 Å². The molecule has 0 saturated carbocycles. The Morgan fingerprint density at radius 2 is 1.40 bits per heavy atom. The largest absolute Gasteiger partial charge is 0.289 e. The highest BCUT2D eigenvalue weighted by molar-refractivity contribution is 6.10. The van der Waals surface area contributed by atoms with Crippen LogP contribution in [0.1, 0.15) is 85.9 Å². The lowest BCUT2D eigenvalue weighted by Crippen LogP contribution is -2.34. The predicted octanol–water partition coefficient (Wildman–Crippen LogP) is 12.7. The van der Waals surface area contributed by atoms with Gasteiger partial charge in [0.05, 0.1) is 6.04 Å². The summed E-state index contributed by atoms with van der Waals surface area (Å²) in [5.74, 6) is 0.221. The molecule has 1 heteroatoms. The second kappa shape index (κ2) is 11.4. The van der Waals surface area contributed by atoms with Gasteiger partial charge >= 0.3 is 0 Å². The fraction of sp³-hybridized carbons (Fsp3) is 0.204. The average molecular weight is 646 g/mol. The number of nitrogens with zero attached hydrogens (tertiary/aromatic N) is 1. The summed E-state index contributed by atoms with van der Waals surface area (Å²) in [5, 5.41) is 2.56. The van der Waals surface area contributed by atoms with E-state index < -0.39 is 0 Å². The first-order valence-corrected chi connectivity index (χ1v) is 18.1. The highest BCUT2D eigenvalue weighted by Gasteiger charge is 2.47. The van der Waals surface area contributed by atoms with Crippen LogP contribution in [0.15, 0.2) is 138 Å². The lowest BCUT2D eigenvalue weighted by molar-refractivity contribution is 0.485. The van der Waals surface area contributed by atoms with E-state index in [2.05, 4.69) is 179 Å². The summed E-state index contributed by atoms with van der Waals surface area (Å²) >= 11 is 0. The van der Waals surface area contributed by atoms with Gasteiger partial charge in [0, 0.05) is 17.5 Å². The number of aliphatic imine (C=N–C) groups is 1. The van der Waals surface area contributed by atoms with Gasteiger partial charge in [-0.25, -0.2) is 0 Å². The Kier molecular flexibility index (Phi) is 7.01. The van der Waals surface area contributed by atoms with E-state index in [1.54, 1.807) is 0 Å². The molecule has 244 valence electrons. The van der Waals surface area contributed by atoms with Crippen molar-refractivity contribution >= 4 is 45.9 Å². The van der Waals surface area contributed by atoms with Crippen LogP contribution in [0.5, 0.6) is 0 Å². The normalized spacial score (nSPS) is 22.0. The molecular formula is C49H43N. The highest BCUT2D eigenvalue weighted by atomic mass is 14.8. The Morgan fingerprint density at radius 1 is 0.720 bits per heavy atom. The van der Waals surface area contributed by atoms with Crippen LogP contribution in [0.2, 0.25) is 0 Å². The molecule has 9 rings (SSSR count). The molecule has 4 aliphatic rings. The fourth-order valence-corrected chi connectivity index (χ4v) is 8.63. The van der Waals surface area contributed by atoms with E-state index in [4.69, 9.17) is 0 Å². The lowest BCUT2D eigenvalue weighted by Gasteiger charge is -2.47. The molecule has 1 nitrogen and oxygen atoms in total. The molecule has 0 bridgehead atoms. The zero-order valence-electron chi connectivity index (χ0n) is 29.7. The molecule has 0 spiro atoms. The van der Waals surface area contributed by atoms with Crippen molar-refractivity contribution in [2.75, 3.05) is 0 Å². The molecule has 3 atom stereocenters. The van der Waals surface area contributed by atoms with Crippen molar-refractivity contribution in [3.8, 4) is 11.1 Å². The van der Waals surface area contributed by atoms with Gasteiger partial charge in [-0.15, -0.1) is 0 Å². The molecule has 0 radical (unpaired) electrons. The van der Waals surface area contributed by atoms with Gasteiger partial charge in [0.25, 0.3) is 0 Å². The van der Waals surface area contributed by atoms with E-state index in [1.165, 1.54) is 83.1 Å². The van der Waals surface area contributed by atoms with Crippen LogP contribution < -0.4 is 0 Å². The van der Waals surface area contributed by atoms with E-state index >= 15 is 0 Å². The Morgan fingerprint density at radius 3 is 2.14 bits per heavy atom. The number of hydrogen-bond acceptors (Lipinski definition) is 1. The van der Waals surface area contributed by atoms with E-state index in [0.717, 1.165) is 6.42 Å². The maximum atomic E-state index is 4.68. The Labute approximate surface area is 296 Å². The number of allylic oxidation sites excluding steroid dienone is 7. The van der Waals surface area contributed by atoms with Crippen LogP contribution in [-0.4, -0.2) is 12.3 Å². The van der Waals surface area contributed by atoms with Crippen LogP contribution in [0.4, 0.5) is 0 Å². The number of benzene rings is 5. The third-order valence-electron chi connectivity index (χ3n) is 11.5. The zero-order valence-corrected chi connectivity index (χ0v) is 29.7. The minimum atomic E-state index is -0.199. The van der Waals surface area contributed by atoms with Crippen LogP contribution in [0.3, 0.4) is 0 Å². The van der Waals surface area contributed by atoms with Crippen molar-refractivity contribution in [1.82, 2.24) is 0 Å². The molecule has 1 heterocycles. The first kappa shape index (κ1) is 30.8. The molecule has 5 aromatic carbocycles. The molecule has 0 fully saturated rings. The van der Waals surface area contributed by atoms with Gasteiger partial charge < -0.3 is 0 Å². The topological polar surface area (TPSA) is 12.4 Å². The number of fused-ring (bicyclic) bond motifs is 1. The Hall–Kier alpha value is -5.27.